The van der Waals surface area contributed by atoms with E-state index in [9.17, 15) is 9.59 Å². The quantitative estimate of drug-likeness (QED) is 0.554. The molecule has 3 aromatic rings. The van der Waals surface area contributed by atoms with Crippen LogP contribution >= 0.6 is 11.6 Å². The lowest BCUT2D eigenvalue weighted by Crippen LogP contribution is -2.32. The maximum atomic E-state index is 13.4. The van der Waals surface area contributed by atoms with Gasteiger partial charge in [0.2, 0.25) is 0 Å². The van der Waals surface area contributed by atoms with Crippen LogP contribution in [0.3, 0.4) is 0 Å². The van der Waals surface area contributed by atoms with E-state index in [4.69, 9.17) is 16.3 Å². The molecule has 1 heterocycles. The number of nitrogens with one attached hydrogen (secondary N) is 1. The molecule has 0 saturated heterocycles. The summed E-state index contributed by atoms with van der Waals surface area (Å²) in [6.07, 6.45) is 0. The lowest BCUT2D eigenvalue weighted by atomic mass is 10.0. The lowest BCUT2D eigenvalue weighted by Gasteiger charge is -2.16. The molecule has 4 rings (SSSR count). The van der Waals surface area contributed by atoms with Crippen LogP contribution in [0.5, 0.6) is 5.75 Å². The number of benzene rings is 3. The molecule has 0 fully saturated rings. The van der Waals surface area contributed by atoms with Crippen molar-refractivity contribution in [3.8, 4) is 5.75 Å². The van der Waals surface area contributed by atoms with Gasteiger partial charge in [0.1, 0.15) is 11.4 Å². The monoisotopic (exact) mass is 432 g/mol. The molecule has 31 heavy (non-hydrogen) atoms. The second kappa shape index (κ2) is 8.66. The fourth-order valence-corrected chi connectivity index (χ4v) is 3.67. The molecule has 0 saturated carbocycles. The van der Waals surface area contributed by atoms with E-state index in [-0.39, 0.29) is 18.1 Å². The molecule has 1 aliphatic rings. The molecule has 1 N–H and O–H groups in total. The highest BCUT2D eigenvalue weighted by Crippen LogP contribution is 2.35. The molecule has 3 aromatic carbocycles. The van der Waals surface area contributed by atoms with E-state index in [1.807, 2.05) is 61.5 Å². The van der Waals surface area contributed by atoms with Gasteiger partial charge in [-0.15, -0.1) is 0 Å². The number of carbonyl (C=O) groups excluding carboxylic acids is 2. The van der Waals surface area contributed by atoms with Crippen LogP contribution in [0, 0.1) is 6.92 Å². The SMILES string of the molecule is COc1ccc(Cl)cc1NC1=C(c2ccc(C)cc2)C(=O)N(Cc2ccccc2)C1=O. The van der Waals surface area contributed by atoms with Crippen LogP contribution in [0.1, 0.15) is 16.7 Å². The molecule has 156 valence electrons. The number of aryl methyl sites for hydroxylation is 1. The number of rotatable bonds is 6. The van der Waals surface area contributed by atoms with Gasteiger partial charge >= 0.3 is 0 Å². The second-order valence-corrected chi connectivity index (χ2v) is 7.70. The van der Waals surface area contributed by atoms with Gasteiger partial charge in [0, 0.05) is 5.02 Å². The Morgan fingerprint density at radius 1 is 0.935 bits per heavy atom. The third-order valence-corrected chi connectivity index (χ3v) is 5.35. The summed E-state index contributed by atoms with van der Waals surface area (Å²) in [5, 5.41) is 3.60. The first kappa shape index (κ1) is 20.7. The summed E-state index contributed by atoms with van der Waals surface area (Å²) in [4.78, 5) is 28.0. The smallest absolute Gasteiger partial charge is 0.278 e. The highest BCUT2D eigenvalue weighted by atomic mass is 35.5. The van der Waals surface area contributed by atoms with Crippen molar-refractivity contribution in [1.29, 1.82) is 0 Å². The molecule has 6 heteroatoms. The number of imide groups is 1. The standard InChI is InChI=1S/C25H21ClN2O3/c1-16-8-10-18(11-9-16)22-23(27-20-14-19(26)12-13-21(20)31-2)25(30)28(24(22)29)15-17-6-4-3-5-7-17/h3-14,27H,15H2,1-2H3. The normalized spacial score (nSPS) is 13.7. The van der Waals surface area contributed by atoms with Gasteiger partial charge in [-0.25, -0.2) is 0 Å². The molecule has 0 atom stereocenters. The van der Waals surface area contributed by atoms with Crippen LogP contribution in [-0.2, 0) is 16.1 Å². The Morgan fingerprint density at radius 2 is 1.65 bits per heavy atom. The Labute approximate surface area is 185 Å². The number of hydrogen-bond acceptors (Lipinski definition) is 4. The van der Waals surface area contributed by atoms with E-state index in [2.05, 4.69) is 5.32 Å². The molecule has 0 unspecified atom stereocenters. The number of carbonyl (C=O) groups is 2. The largest absolute Gasteiger partial charge is 0.495 e. The van der Waals surface area contributed by atoms with E-state index in [1.165, 1.54) is 12.0 Å². The second-order valence-electron chi connectivity index (χ2n) is 7.27. The highest BCUT2D eigenvalue weighted by molar-refractivity contribution is 6.36. The number of ether oxygens (including phenoxy) is 1. The van der Waals surface area contributed by atoms with Gasteiger partial charge < -0.3 is 10.1 Å². The third kappa shape index (κ3) is 4.18. The minimum atomic E-state index is -0.397. The predicted octanol–water partition coefficient (Wildman–Crippen LogP) is 5.05. The summed E-state index contributed by atoms with van der Waals surface area (Å²) < 4.78 is 5.40. The van der Waals surface area contributed by atoms with Gasteiger partial charge in [0.05, 0.1) is 24.9 Å². The van der Waals surface area contributed by atoms with Gasteiger partial charge in [0.15, 0.2) is 0 Å². The number of hydrogen-bond donors (Lipinski definition) is 1. The number of halogens is 1. The fourth-order valence-electron chi connectivity index (χ4n) is 3.50. The third-order valence-electron chi connectivity index (χ3n) is 5.11. The summed E-state index contributed by atoms with van der Waals surface area (Å²) in [6, 6.07) is 22.0. The zero-order valence-corrected chi connectivity index (χ0v) is 17.9. The Hall–Kier alpha value is -3.57. The fraction of sp³-hybridized carbons (Fsp3) is 0.120. The topological polar surface area (TPSA) is 58.6 Å². The lowest BCUT2D eigenvalue weighted by molar-refractivity contribution is -0.137. The Kier molecular flexibility index (Phi) is 5.78. The van der Waals surface area contributed by atoms with Crippen LogP contribution in [0.4, 0.5) is 5.69 Å². The Bertz CT molecular complexity index is 1170. The summed E-state index contributed by atoms with van der Waals surface area (Å²) in [7, 11) is 1.53. The van der Waals surface area contributed by atoms with Gasteiger partial charge in [-0.3, -0.25) is 14.5 Å². The van der Waals surface area contributed by atoms with Crippen LogP contribution < -0.4 is 10.1 Å². The van der Waals surface area contributed by atoms with Crippen LogP contribution in [0.2, 0.25) is 5.02 Å². The van der Waals surface area contributed by atoms with Crippen LogP contribution in [-0.4, -0.2) is 23.8 Å². The van der Waals surface area contributed by atoms with Crippen molar-refractivity contribution in [3.05, 3.63) is 100 Å². The molecule has 0 bridgehead atoms. The first-order valence-corrected chi connectivity index (χ1v) is 10.2. The van der Waals surface area contributed by atoms with Gasteiger partial charge in [0.25, 0.3) is 11.8 Å². The molecule has 0 aromatic heterocycles. The molecular formula is C25H21ClN2O3. The number of methoxy groups -OCH3 is 1. The molecule has 1 aliphatic heterocycles. The average Bonchev–Trinajstić information content (AvgIpc) is 3.00. The van der Waals surface area contributed by atoms with Crippen molar-refractivity contribution in [2.24, 2.45) is 0 Å². The molecule has 5 nitrogen and oxygen atoms in total. The molecule has 0 spiro atoms. The van der Waals surface area contributed by atoms with E-state index in [0.29, 0.717) is 27.6 Å². The summed E-state index contributed by atoms with van der Waals surface area (Å²) in [5.41, 5.74) is 3.64. The highest BCUT2D eigenvalue weighted by Gasteiger charge is 2.39. The summed E-state index contributed by atoms with van der Waals surface area (Å²) in [6.45, 7) is 2.16. The maximum absolute atomic E-state index is 13.4. The Balaban J connectivity index is 1.78. The van der Waals surface area contributed by atoms with E-state index < -0.39 is 5.91 Å². The number of amides is 2. The van der Waals surface area contributed by atoms with Gasteiger partial charge in [-0.05, 0) is 36.2 Å². The zero-order chi connectivity index (χ0) is 22.0. The minimum Gasteiger partial charge on any atom is -0.495 e. The average molecular weight is 433 g/mol. The van der Waals surface area contributed by atoms with E-state index in [0.717, 1.165) is 11.1 Å². The van der Waals surface area contributed by atoms with Gasteiger partial charge in [-0.1, -0.05) is 71.8 Å². The van der Waals surface area contributed by atoms with E-state index in [1.54, 1.807) is 18.2 Å². The number of nitrogens with zero attached hydrogens (tertiary/aromatic N) is 1. The van der Waals surface area contributed by atoms with Crippen molar-refractivity contribution in [2.75, 3.05) is 12.4 Å². The molecule has 0 aliphatic carbocycles. The van der Waals surface area contributed by atoms with Crippen molar-refractivity contribution in [2.45, 2.75) is 13.5 Å². The molecular weight excluding hydrogens is 412 g/mol. The molecule has 2 amide bonds. The van der Waals surface area contributed by atoms with Crippen molar-refractivity contribution >= 4 is 34.7 Å². The van der Waals surface area contributed by atoms with Crippen LogP contribution in [0.15, 0.2) is 78.5 Å². The summed E-state index contributed by atoms with van der Waals surface area (Å²) >= 11 is 6.16. The summed E-state index contributed by atoms with van der Waals surface area (Å²) in [5.74, 6) is -0.227. The van der Waals surface area contributed by atoms with E-state index >= 15 is 0 Å². The number of anilines is 1. The maximum Gasteiger partial charge on any atom is 0.278 e. The zero-order valence-electron chi connectivity index (χ0n) is 17.2. The van der Waals surface area contributed by atoms with Crippen molar-refractivity contribution in [1.82, 2.24) is 4.90 Å². The van der Waals surface area contributed by atoms with Crippen molar-refractivity contribution < 1.29 is 14.3 Å². The predicted molar refractivity (Wildman–Crippen MR) is 122 cm³/mol. The van der Waals surface area contributed by atoms with Crippen molar-refractivity contribution in [3.63, 3.8) is 0 Å². The van der Waals surface area contributed by atoms with Crippen LogP contribution in [0.25, 0.3) is 5.57 Å². The first-order valence-electron chi connectivity index (χ1n) is 9.80. The minimum absolute atomic E-state index is 0.186. The Morgan fingerprint density at radius 3 is 2.32 bits per heavy atom. The molecule has 0 radical (unpaired) electrons. The first-order chi connectivity index (χ1) is 15.0. The van der Waals surface area contributed by atoms with Gasteiger partial charge in [-0.2, -0.15) is 0 Å².